The van der Waals surface area contributed by atoms with Crippen LogP contribution in [0.3, 0.4) is 0 Å². The summed E-state index contributed by atoms with van der Waals surface area (Å²) in [6, 6.07) is 13.7. The molecule has 0 aromatic heterocycles. The summed E-state index contributed by atoms with van der Waals surface area (Å²) in [7, 11) is 0. The number of carbonyl (C=O) groups excluding carboxylic acids is 4. The largest absolute Gasteiger partial charge is 0.481 e. The van der Waals surface area contributed by atoms with Crippen LogP contribution < -0.4 is 18.9 Å². The zero-order chi connectivity index (χ0) is 72.3. The molecule has 0 unspecified atom stereocenters. The molecular weight excluding hydrogens is 1340 g/mol. The third-order valence-corrected chi connectivity index (χ3v) is 18.0. The Bertz CT molecular complexity index is 3100. The number of nitrogens with zero attached hydrogens (tertiary/aromatic N) is 4. The molecule has 0 spiro atoms. The van der Waals surface area contributed by atoms with Crippen molar-refractivity contribution in [2.24, 2.45) is 0 Å². The summed E-state index contributed by atoms with van der Waals surface area (Å²) in [4.78, 5) is 157. The molecule has 8 bridgehead atoms. The normalized spacial score (nSPS) is 12.3. The number of carboxylic acid groups (broad SMARTS) is 8. The van der Waals surface area contributed by atoms with E-state index >= 15 is 0 Å². The predicted octanol–water partition coefficient (Wildman–Crippen LogP) is 7.30. The standard InChI is InChI=1S/C64H76N4O24S4/c1-61(2,3)33-13-37-57(89-29-45(69)65(21-49(73)74)22-50(75)76)38(14-33)94-40-16-35(63(7,8)9)18-42(59(40)91-31-47(71)67(25-53(81)82)26-54(83)84)96-44-20-36(64(10,11)12)19-43(60(44)92-32-48(72)68(27-55(85)86)28-56(87)88)95-41-17-34(62(4,5)6)15-39(93-37)58(41)90-30-46(70)66(23-51(77)78)24-52(79)80/h13-20H,21-32H2,1-12H3,(H,73,74)(H,75,76)(H,77,78)(H,79,80)(H,81,82)(H,83,84)(H,85,86)(H,87,88). The molecule has 4 aromatic carbocycles. The van der Waals surface area contributed by atoms with Gasteiger partial charge in [0.1, 0.15) is 75.4 Å². The lowest BCUT2D eigenvalue weighted by Gasteiger charge is -2.29. The molecule has 32 heteroatoms. The number of benzene rings is 4. The van der Waals surface area contributed by atoms with E-state index < -0.39 is 172 Å². The van der Waals surface area contributed by atoms with Crippen LogP contribution in [0.25, 0.3) is 0 Å². The Hall–Kier alpha value is -8.88. The van der Waals surface area contributed by atoms with Crippen LogP contribution >= 0.6 is 47.0 Å². The van der Waals surface area contributed by atoms with Gasteiger partial charge in [-0.15, -0.1) is 0 Å². The maximum atomic E-state index is 14.2. The van der Waals surface area contributed by atoms with Gasteiger partial charge in [-0.25, -0.2) is 0 Å². The average Bonchev–Trinajstić information content (AvgIpc) is 0.770. The fourth-order valence-corrected chi connectivity index (χ4v) is 13.6. The maximum absolute atomic E-state index is 14.2. The molecule has 0 atom stereocenters. The van der Waals surface area contributed by atoms with Gasteiger partial charge in [0.15, 0.2) is 26.4 Å². The molecule has 0 radical (unpaired) electrons. The number of amides is 4. The van der Waals surface area contributed by atoms with Crippen molar-refractivity contribution in [3.63, 3.8) is 0 Å². The molecule has 0 saturated carbocycles. The van der Waals surface area contributed by atoms with Crippen molar-refractivity contribution in [3.8, 4) is 23.0 Å². The first kappa shape index (κ1) is 77.8. The second kappa shape index (κ2) is 32.2. The number of aliphatic carboxylic acids is 8. The molecule has 1 aliphatic rings. The number of rotatable bonds is 28. The van der Waals surface area contributed by atoms with Crippen LogP contribution in [0.1, 0.15) is 105 Å². The number of carboxylic acids is 8. The Morgan fingerprint density at radius 2 is 0.396 bits per heavy atom. The van der Waals surface area contributed by atoms with Crippen LogP contribution in [0.5, 0.6) is 23.0 Å². The Labute approximate surface area is 568 Å². The van der Waals surface area contributed by atoms with Gasteiger partial charge in [0.05, 0.1) is 39.2 Å². The lowest BCUT2D eigenvalue weighted by Crippen LogP contribution is -2.42. The summed E-state index contributed by atoms with van der Waals surface area (Å²) in [6.07, 6.45) is 0. The second-order valence-electron chi connectivity index (χ2n) is 25.9. The van der Waals surface area contributed by atoms with E-state index in [0.29, 0.717) is 41.9 Å². The second-order valence-corrected chi connectivity index (χ2v) is 30.3. The molecule has 5 rings (SSSR count). The zero-order valence-electron chi connectivity index (χ0n) is 54.6. The molecule has 96 heavy (non-hydrogen) atoms. The lowest BCUT2D eigenvalue weighted by atomic mass is 9.87. The van der Waals surface area contributed by atoms with E-state index in [9.17, 15) is 98.4 Å². The first-order valence-electron chi connectivity index (χ1n) is 29.1. The van der Waals surface area contributed by atoms with Gasteiger partial charge in [0.2, 0.25) is 0 Å². The van der Waals surface area contributed by atoms with Gasteiger partial charge in [-0.05, 0) is 92.4 Å². The topological polar surface area (TPSA) is 417 Å². The van der Waals surface area contributed by atoms with Gasteiger partial charge < -0.3 is 79.4 Å². The summed E-state index contributed by atoms with van der Waals surface area (Å²) in [5.74, 6) is -17.2. The number of hydrogen-bond acceptors (Lipinski definition) is 20. The Morgan fingerprint density at radius 3 is 0.500 bits per heavy atom. The van der Waals surface area contributed by atoms with E-state index in [2.05, 4.69) is 0 Å². The van der Waals surface area contributed by atoms with Crippen LogP contribution in [0.4, 0.5) is 0 Å². The first-order valence-corrected chi connectivity index (χ1v) is 32.4. The smallest absolute Gasteiger partial charge is 0.323 e. The summed E-state index contributed by atoms with van der Waals surface area (Å²) in [5, 5.41) is 78.4. The van der Waals surface area contributed by atoms with Crippen LogP contribution in [0.15, 0.2) is 87.7 Å². The fraction of sp³-hybridized carbons (Fsp3) is 0.438. The van der Waals surface area contributed by atoms with Gasteiger partial charge in [0.25, 0.3) is 23.6 Å². The minimum atomic E-state index is -1.55. The van der Waals surface area contributed by atoms with Crippen LogP contribution in [0, 0.1) is 0 Å². The van der Waals surface area contributed by atoms with Crippen molar-refractivity contribution < 1.29 is 117 Å². The van der Waals surface area contributed by atoms with Crippen molar-refractivity contribution in [2.75, 3.05) is 78.8 Å². The molecule has 1 aliphatic heterocycles. The van der Waals surface area contributed by atoms with Gasteiger partial charge in [-0.2, -0.15) is 0 Å². The summed E-state index contributed by atoms with van der Waals surface area (Å²) in [6.45, 7) is 10.1. The highest BCUT2D eigenvalue weighted by molar-refractivity contribution is 8.01. The highest BCUT2D eigenvalue weighted by Gasteiger charge is 2.34. The van der Waals surface area contributed by atoms with E-state index in [1.54, 1.807) is 48.5 Å². The molecule has 0 aliphatic carbocycles. The van der Waals surface area contributed by atoms with Crippen molar-refractivity contribution in [3.05, 3.63) is 70.8 Å². The summed E-state index contributed by atoms with van der Waals surface area (Å²) >= 11 is 3.77. The summed E-state index contributed by atoms with van der Waals surface area (Å²) < 4.78 is 26.2. The van der Waals surface area contributed by atoms with Crippen LogP contribution in [0.2, 0.25) is 0 Å². The predicted molar refractivity (Wildman–Crippen MR) is 346 cm³/mol. The van der Waals surface area contributed by atoms with Crippen molar-refractivity contribution in [2.45, 2.75) is 144 Å². The van der Waals surface area contributed by atoms with Crippen molar-refractivity contribution in [1.82, 2.24) is 19.6 Å². The van der Waals surface area contributed by atoms with Gasteiger partial charge >= 0.3 is 47.8 Å². The van der Waals surface area contributed by atoms with E-state index in [0.717, 1.165) is 47.0 Å². The number of carbonyl (C=O) groups is 12. The maximum Gasteiger partial charge on any atom is 0.323 e. The molecule has 0 saturated heterocycles. The molecule has 4 aromatic rings. The highest BCUT2D eigenvalue weighted by Crippen LogP contribution is 2.56. The van der Waals surface area contributed by atoms with Crippen molar-refractivity contribution >= 4 is 118 Å². The van der Waals surface area contributed by atoms with Crippen LogP contribution in [-0.4, -0.2) is 211 Å². The quantitative estimate of drug-likeness (QED) is 0.0243. The molecule has 520 valence electrons. The number of ether oxygens (including phenoxy) is 4. The molecule has 1 heterocycles. The van der Waals surface area contributed by atoms with Crippen molar-refractivity contribution in [1.29, 1.82) is 0 Å². The monoisotopic (exact) mass is 1410 g/mol. The molecule has 28 nitrogen and oxygen atoms in total. The summed E-state index contributed by atoms with van der Waals surface area (Å²) in [5.41, 5.74) is -0.704. The fourth-order valence-electron chi connectivity index (χ4n) is 8.82. The van der Waals surface area contributed by atoms with Gasteiger partial charge in [-0.1, -0.05) is 130 Å². The average molecular weight is 1410 g/mol. The molecule has 8 N–H and O–H groups in total. The van der Waals surface area contributed by atoms with E-state index in [-0.39, 0.29) is 62.2 Å². The third kappa shape index (κ3) is 22.6. The van der Waals surface area contributed by atoms with Gasteiger partial charge in [-0.3, -0.25) is 57.5 Å². The van der Waals surface area contributed by atoms with Gasteiger partial charge in [0, 0.05) is 0 Å². The molecule has 4 amide bonds. The first-order chi connectivity index (χ1) is 44.3. The lowest BCUT2D eigenvalue weighted by molar-refractivity contribution is -0.150. The third-order valence-electron chi connectivity index (χ3n) is 13.8. The van der Waals surface area contributed by atoms with E-state index in [1.807, 2.05) is 83.1 Å². The Morgan fingerprint density at radius 1 is 0.271 bits per heavy atom. The number of fused-ring (bicyclic) bond motifs is 8. The Kier molecular flexibility index (Phi) is 26.1. The minimum absolute atomic E-state index is 0.109. The minimum Gasteiger partial charge on any atom is -0.481 e. The SMILES string of the molecule is CC(C)(C)c1cc2c(OCC(=O)N(CC(=O)O)CC(=O)O)c(c1)Sc1cc(C(C)(C)C)cc(c1OCC(=O)N(CC(=O)O)CC(=O)O)Sc1cc(C(C)(C)C)cc(c1OCC(=O)N(CC(=O)O)CC(=O)O)Sc1cc(C(C)(C)C)cc(c1OCC(=O)N(CC(=O)O)CC(=O)O)S2. The highest BCUT2D eigenvalue weighted by atomic mass is 32.2. The molecule has 0 fully saturated rings. The van der Waals surface area contributed by atoms with E-state index in [4.69, 9.17) is 18.9 Å². The number of hydrogen-bond donors (Lipinski definition) is 8. The van der Waals surface area contributed by atoms with Crippen LogP contribution in [-0.2, 0) is 79.2 Å². The zero-order valence-corrected chi connectivity index (χ0v) is 57.9. The Balaban J connectivity index is 2.10. The molecular formula is C64H76N4O24S4. The van der Waals surface area contributed by atoms with E-state index in [1.165, 1.54) is 0 Å².